The van der Waals surface area contributed by atoms with Gasteiger partial charge in [-0.05, 0) is 213 Å². The number of fused-ring (bicyclic) bond motifs is 19. The largest absolute Gasteiger partial charge is 0.439 e. The molecule has 6 aliphatic heterocycles. The van der Waals surface area contributed by atoms with Gasteiger partial charge in [0.2, 0.25) is 34.7 Å². The van der Waals surface area contributed by atoms with E-state index in [1.807, 2.05) is 235 Å². The van der Waals surface area contributed by atoms with Crippen molar-refractivity contribution in [3.05, 3.63) is 524 Å². The van der Waals surface area contributed by atoms with Gasteiger partial charge in [0.05, 0.1) is 35.1 Å². The summed E-state index contributed by atoms with van der Waals surface area (Å²) >= 11 is 0. The number of benzene rings is 11. The van der Waals surface area contributed by atoms with E-state index in [0.717, 1.165) is 44.9 Å². The van der Waals surface area contributed by atoms with Gasteiger partial charge >= 0.3 is 17.0 Å². The normalized spacial score (nSPS) is 17.8. The van der Waals surface area contributed by atoms with E-state index < -0.39 is 11.3 Å². The minimum absolute atomic E-state index is 0.224. The Morgan fingerprint density at radius 2 is 0.513 bits per heavy atom. The number of hydrogen-bond acceptors (Lipinski definition) is 0. The van der Waals surface area contributed by atoms with Crippen LogP contribution in [0.3, 0.4) is 0 Å². The minimum atomic E-state index is -0.444. The summed E-state index contributed by atoms with van der Waals surface area (Å²) in [4.78, 5) is 0. The molecule has 0 radical (unpaired) electrons. The van der Waals surface area contributed by atoms with E-state index in [2.05, 4.69) is 361 Å². The average molecular weight is 1990 g/mol. The molecule has 8 unspecified atom stereocenters. The lowest BCUT2D eigenvalue weighted by Crippen LogP contribution is -2.78. The molecule has 32 rings (SSSR count). The molecule has 0 bridgehead atoms. The Morgan fingerprint density at radius 3 is 1.03 bits per heavy atom. The lowest BCUT2D eigenvalue weighted by molar-refractivity contribution is -0.999. The molecule has 9 aliphatic carbocycles. The van der Waals surface area contributed by atoms with Crippen LogP contribution in [0.5, 0.6) is 0 Å². The summed E-state index contributed by atoms with van der Waals surface area (Å²) in [5.74, 6) is 1.27. The maximum Gasteiger partial charge on any atom is 0.439 e. The lowest BCUT2D eigenvalue weighted by Gasteiger charge is -2.44. The molecule has 0 saturated carbocycles. The number of aromatic nitrogens is 7. The summed E-state index contributed by atoms with van der Waals surface area (Å²) in [6.07, 6.45) is 23.3. The van der Waals surface area contributed by atoms with E-state index in [1.54, 1.807) is 33.4 Å². The van der Waals surface area contributed by atoms with Crippen molar-refractivity contribution >= 4 is 0 Å². The summed E-state index contributed by atoms with van der Waals surface area (Å²) in [7, 11) is 0. The molecule has 7 heteroatoms. The summed E-state index contributed by atoms with van der Waals surface area (Å²) in [5, 5.41) is 0. The molecule has 0 fully saturated rings. The van der Waals surface area contributed by atoms with Crippen LogP contribution in [0.4, 0.5) is 0 Å². The van der Waals surface area contributed by atoms with Gasteiger partial charge in [0, 0.05) is 90.4 Å². The van der Waals surface area contributed by atoms with Crippen LogP contribution in [0.1, 0.15) is 460 Å². The van der Waals surface area contributed by atoms with Gasteiger partial charge in [-0.3, -0.25) is 0 Å². The number of rotatable bonds is 0. The van der Waals surface area contributed by atoms with Gasteiger partial charge in [-0.1, -0.05) is 423 Å². The van der Waals surface area contributed by atoms with Crippen molar-refractivity contribution in [2.24, 2.45) is 0 Å². The van der Waals surface area contributed by atoms with Gasteiger partial charge in [-0.25, -0.2) is 0 Å². The Balaban J connectivity index is 0.000000164. The monoisotopic (exact) mass is 1990 g/mol. The first-order chi connectivity index (χ1) is 74.6. The Bertz CT molecular complexity index is 7470. The standard InChI is InChI=1S/2C39H26N2.C31H21N3.17C2H6/c1-3-12-27-23(10-1)20-25-22-26-21-24-11-2-4-13-28(24)36-32-17-6-8-19-41(32)39-37-29(31-16-5-7-18-40(31)39)14-9-15-30(37)35(27)33(25)38(39)34(26)36;1-3-12-27-23(9-1)21-25-17-18-31-35-28-13-4-2-10-24(28)22-26-11-8-20-41(38(26)35)39-36-29(32-16-5-6-19-40(32)39)14-7-15-30(36)34(27)33(25)37(31)39;1-5-18-15-20-10-11-22-17-21-7-2-9-24-28(21)31(34-14-4-13-33(24)34)29(22)26(20)27-25(18)19(6-1)16-23-8-3-12-32(31)30(23)27;17*1-2/h1-19,22,35-36H,20-21H2;1-20,34-35H,21-22H2;1-14,27H,15-17H2;17*1-2H3/q3*+2;;;;;;;;;;;;;;;;;. The first kappa shape index (κ1) is 114. The van der Waals surface area contributed by atoms with Crippen molar-refractivity contribution < 1.29 is 27.5 Å². The summed E-state index contributed by atoms with van der Waals surface area (Å²) in [5.41, 5.74) is 57.7. The lowest BCUT2D eigenvalue weighted by atomic mass is 9.58. The molecule has 17 aromatic rings. The molecular formula is C143H175N7+6. The van der Waals surface area contributed by atoms with E-state index >= 15 is 0 Å². The van der Waals surface area contributed by atoms with Gasteiger partial charge in [0.15, 0.2) is 31.0 Å². The predicted molar refractivity (Wildman–Crippen MR) is 634 cm³/mol. The molecule has 150 heavy (non-hydrogen) atoms. The Kier molecular flexibility index (Phi) is 37.8. The van der Waals surface area contributed by atoms with Gasteiger partial charge < -0.3 is 0 Å². The number of hydrogen-bond donors (Lipinski definition) is 0. The molecule has 7 nitrogen and oxygen atoms in total. The van der Waals surface area contributed by atoms with Gasteiger partial charge in [0.25, 0.3) is 0 Å². The summed E-state index contributed by atoms with van der Waals surface area (Å²) in [6.45, 7) is 68.0. The van der Waals surface area contributed by atoms with Crippen LogP contribution in [-0.2, 0) is 61.9 Å². The smallest absolute Gasteiger partial charge is 0.129 e. The van der Waals surface area contributed by atoms with E-state index in [9.17, 15) is 0 Å². The fraction of sp³-hybridized carbons (Fsp3) is 0.343. The molecule has 15 aliphatic rings. The van der Waals surface area contributed by atoms with Crippen LogP contribution in [0.2, 0.25) is 0 Å². The second-order valence-electron chi connectivity index (χ2n) is 35.4. The zero-order valence-corrected chi connectivity index (χ0v) is 97.6. The van der Waals surface area contributed by atoms with Crippen LogP contribution in [-0.4, -0.2) is 4.68 Å². The zero-order valence-electron chi connectivity index (χ0n) is 97.6. The van der Waals surface area contributed by atoms with E-state index in [1.165, 1.54) is 190 Å². The highest BCUT2D eigenvalue weighted by molar-refractivity contribution is 5.81. The molecule has 8 atom stereocenters. The highest BCUT2D eigenvalue weighted by atomic mass is 15.5. The van der Waals surface area contributed by atoms with Crippen molar-refractivity contribution in [2.75, 3.05) is 0 Å². The Labute approximate surface area is 904 Å². The van der Waals surface area contributed by atoms with Crippen LogP contribution in [0, 0.1) is 0 Å². The third-order valence-electron chi connectivity index (χ3n) is 30.8. The van der Waals surface area contributed by atoms with E-state index in [0.29, 0.717) is 5.92 Å². The fourth-order valence-corrected chi connectivity index (χ4v) is 27.3. The first-order valence-corrected chi connectivity index (χ1v) is 59.1. The highest BCUT2D eigenvalue weighted by Crippen LogP contribution is 2.65. The fourth-order valence-electron chi connectivity index (χ4n) is 27.3. The maximum atomic E-state index is 2.70. The van der Waals surface area contributed by atoms with Crippen molar-refractivity contribution in [3.63, 3.8) is 0 Å². The zero-order chi connectivity index (χ0) is 109. The van der Waals surface area contributed by atoms with Crippen LogP contribution >= 0.6 is 0 Å². The second-order valence-corrected chi connectivity index (χ2v) is 35.4. The van der Waals surface area contributed by atoms with E-state index in [-0.39, 0.29) is 29.3 Å². The van der Waals surface area contributed by atoms with Crippen LogP contribution in [0.15, 0.2) is 328 Å². The molecule has 0 saturated heterocycles. The quantitative estimate of drug-likeness (QED) is 0.135. The summed E-state index contributed by atoms with van der Waals surface area (Å²) < 4.78 is 18.1. The number of nitrogens with zero attached hydrogens (tertiary/aromatic N) is 7. The van der Waals surface area contributed by atoms with Gasteiger partial charge in [0.1, 0.15) is 39.1 Å². The first-order valence-electron chi connectivity index (χ1n) is 59.1. The molecule has 12 heterocycles. The maximum absolute atomic E-state index is 2.70. The molecule has 3 spiro atoms. The summed E-state index contributed by atoms with van der Waals surface area (Å²) in [6, 6.07) is 109. The second kappa shape index (κ2) is 49.9. The average Bonchev–Trinajstić information content (AvgIpc) is 1.41. The Hall–Kier alpha value is -13.6. The SMILES string of the molecule is CC.CC.CC.CC.CC.CC.CC.CC.CC.CC.CC.CC.CC.CC.CC.CC.CC.c1cc2c3c(c1)Cc1ccc[n+]4c1C3c1c(ccc3c1C41c4c(cccc4-n4ccc[n+]41)C3)C2.c1ccc2c(c1)Cc1cc3c4c5c1C2c1cccc2c1C5([n+]1ccccc1-2)[n+]1ccccc1C4c1ccccc1C3.c1ccc2c(c1)Cc1ccc3c4c1C2c1cccc2c1C4([n+]1ccccc1-2)[n+]1cccc2c1C3c1ccccc1C2. The van der Waals surface area contributed by atoms with Crippen LogP contribution in [0.25, 0.3) is 28.2 Å². The van der Waals surface area contributed by atoms with Gasteiger partial charge in [-0.15, -0.1) is 27.5 Å². The van der Waals surface area contributed by atoms with Crippen molar-refractivity contribution in [1.29, 1.82) is 0 Å². The van der Waals surface area contributed by atoms with E-state index in [4.69, 9.17) is 0 Å². The number of pyridine rings is 5. The van der Waals surface area contributed by atoms with Crippen molar-refractivity contribution in [2.45, 2.75) is 327 Å². The van der Waals surface area contributed by atoms with Crippen LogP contribution < -0.4 is 27.5 Å². The van der Waals surface area contributed by atoms with Gasteiger partial charge in [-0.2, -0.15) is 0 Å². The van der Waals surface area contributed by atoms with Crippen molar-refractivity contribution in [1.82, 2.24) is 4.68 Å². The molecule has 0 amide bonds. The third kappa shape index (κ3) is 16.3. The molecule has 0 N–H and O–H groups in total. The minimum Gasteiger partial charge on any atom is -0.129 e. The highest BCUT2D eigenvalue weighted by Gasteiger charge is 2.75. The Morgan fingerprint density at radius 1 is 0.193 bits per heavy atom. The topological polar surface area (TPSA) is 28.2 Å². The predicted octanol–water partition coefficient (Wildman–Crippen LogP) is 34.0. The molecule has 776 valence electrons. The van der Waals surface area contributed by atoms with Crippen molar-refractivity contribution in [3.8, 4) is 28.2 Å². The molecular weight excluding hydrogens is 1820 g/mol. The third-order valence-corrected chi connectivity index (χ3v) is 30.8. The molecule has 6 aromatic heterocycles. The molecule has 11 aromatic carbocycles.